The minimum Gasteiger partial charge on any atom is -0.385 e. The zero-order valence-electron chi connectivity index (χ0n) is 11.8. The standard InChI is InChI=1S/C16H25FO/c1-4-5-6-7-8-11-16(3,18)14-10-9-13(2)15(17)12-14/h9-10,12,18H,4-8,11H2,1-3H3. The van der Waals surface area contributed by atoms with Crippen LogP contribution in [0.4, 0.5) is 4.39 Å². The topological polar surface area (TPSA) is 20.2 Å². The average Bonchev–Trinajstić information content (AvgIpc) is 2.32. The van der Waals surface area contributed by atoms with Crippen LogP contribution in [-0.4, -0.2) is 5.11 Å². The molecule has 0 radical (unpaired) electrons. The number of halogens is 1. The van der Waals surface area contributed by atoms with Gasteiger partial charge in [-0.15, -0.1) is 0 Å². The minimum absolute atomic E-state index is 0.237. The van der Waals surface area contributed by atoms with Gasteiger partial charge in [0.15, 0.2) is 0 Å². The van der Waals surface area contributed by atoms with E-state index in [-0.39, 0.29) is 5.82 Å². The van der Waals surface area contributed by atoms with E-state index in [0.717, 1.165) is 12.8 Å². The Morgan fingerprint density at radius 3 is 2.44 bits per heavy atom. The molecule has 0 aliphatic rings. The van der Waals surface area contributed by atoms with Crippen LogP contribution in [0.1, 0.15) is 63.5 Å². The van der Waals surface area contributed by atoms with Gasteiger partial charge in [-0.3, -0.25) is 0 Å². The Morgan fingerprint density at radius 1 is 1.17 bits per heavy atom. The number of rotatable bonds is 7. The van der Waals surface area contributed by atoms with E-state index in [4.69, 9.17) is 0 Å². The van der Waals surface area contributed by atoms with Crippen molar-refractivity contribution in [2.45, 2.75) is 64.9 Å². The molecule has 0 bridgehead atoms. The van der Waals surface area contributed by atoms with Crippen LogP contribution in [0.2, 0.25) is 0 Å². The Morgan fingerprint density at radius 2 is 1.83 bits per heavy atom. The third kappa shape index (κ3) is 4.41. The van der Waals surface area contributed by atoms with Gasteiger partial charge in [-0.1, -0.05) is 51.2 Å². The van der Waals surface area contributed by atoms with Gasteiger partial charge in [0.05, 0.1) is 5.60 Å². The molecule has 1 atom stereocenters. The first-order chi connectivity index (χ1) is 8.47. The second-order valence-corrected chi connectivity index (χ2v) is 5.40. The number of unbranched alkanes of at least 4 members (excludes halogenated alkanes) is 4. The van der Waals surface area contributed by atoms with E-state index < -0.39 is 5.60 Å². The van der Waals surface area contributed by atoms with Crippen LogP contribution in [0.5, 0.6) is 0 Å². The highest BCUT2D eigenvalue weighted by atomic mass is 19.1. The van der Waals surface area contributed by atoms with Crippen LogP contribution in [0, 0.1) is 12.7 Å². The summed E-state index contributed by atoms with van der Waals surface area (Å²) in [5.74, 6) is -0.237. The van der Waals surface area contributed by atoms with Gasteiger partial charge in [-0.05, 0) is 37.5 Å². The Hall–Kier alpha value is -0.890. The molecule has 2 heteroatoms. The number of hydrogen-bond donors (Lipinski definition) is 1. The molecule has 1 rings (SSSR count). The van der Waals surface area contributed by atoms with Crippen molar-refractivity contribution in [1.29, 1.82) is 0 Å². The molecular weight excluding hydrogens is 227 g/mol. The molecule has 1 aromatic rings. The minimum atomic E-state index is -0.916. The lowest BCUT2D eigenvalue weighted by Crippen LogP contribution is -2.21. The monoisotopic (exact) mass is 252 g/mol. The van der Waals surface area contributed by atoms with E-state index in [2.05, 4.69) is 6.92 Å². The van der Waals surface area contributed by atoms with Crippen LogP contribution in [0.15, 0.2) is 18.2 Å². The molecule has 0 saturated carbocycles. The zero-order valence-corrected chi connectivity index (χ0v) is 11.8. The van der Waals surface area contributed by atoms with Gasteiger partial charge in [0.2, 0.25) is 0 Å². The van der Waals surface area contributed by atoms with E-state index in [1.165, 1.54) is 25.3 Å². The summed E-state index contributed by atoms with van der Waals surface area (Å²) in [4.78, 5) is 0. The molecule has 0 amide bonds. The van der Waals surface area contributed by atoms with Crippen LogP contribution >= 0.6 is 0 Å². The number of benzene rings is 1. The van der Waals surface area contributed by atoms with E-state index in [0.29, 0.717) is 17.5 Å². The summed E-state index contributed by atoms with van der Waals surface area (Å²) in [6.45, 7) is 5.70. The van der Waals surface area contributed by atoms with Crippen molar-refractivity contribution in [2.75, 3.05) is 0 Å². The molecule has 0 fully saturated rings. The maximum atomic E-state index is 13.5. The summed E-state index contributed by atoms with van der Waals surface area (Å²) >= 11 is 0. The van der Waals surface area contributed by atoms with Crippen molar-refractivity contribution in [3.8, 4) is 0 Å². The molecule has 1 nitrogen and oxygen atoms in total. The quantitative estimate of drug-likeness (QED) is 0.697. The third-order valence-electron chi connectivity index (χ3n) is 3.56. The fraction of sp³-hybridized carbons (Fsp3) is 0.625. The summed E-state index contributed by atoms with van der Waals surface area (Å²) in [6, 6.07) is 5.02. The average molecular weight is 252 g/mol. The normalized spacial score (nSPS) is 14.5. The molecular formula is C16H25FO. The molecule has 1 aromatic carbocycles. The summed E-state index contributed by atoms with van der Waals surface area (Å²) in [6.07, 6.45) is 6.51. The highest BCUT2D eigenvalue weighted by molar-refractivity contribution is 5.27. The lowest BCUT2D eigenvalue weighted by atomic mass is 9.89. The molecule has 0 aromatic heterocycles. The molecule has 0 saturated heterocycles. The molecule has 0 spiro atoms. The van der Waals surface area contributed by atoms with E-state index in [1.54, 1.807) is 19.9 Å². The lowest BCUT2D eigenvalue weighted by Gasteiger charge is -2.24. The zero-order chi connectivity index (χ0) is 13.6. The van der Waals surface area contributed by atoms with Crippen LogP contribution in [0.3, 0.4) is 0 Å². The molecule has 102 valence electrons. The van der Waals surface area contributed by atoms with Gasteiger partial charge in [-0.25, -0.2) is 4.39 Å². The molecule has 0 heterocycles. The molecule has 1 N–H and O–H groups in total. The number of aliphatic hydroxyl groups is 1. The van der Waals surface area contributed by atoms with Crippen molar-refractivity contribution in [3.63, 3.8) is 0 Å². The van der Waals surface area contributed by atoms with Crippen LogP contribution in [-0.2, 0) is 5.60 Å². The third-order valence-corrected chi connectivity index (χ3v) is 3.56. The van der Waals surface area contributed by atoms with Gasteiger partial charge in [0, 0.05) is 0 Å². The number of hydrogen-bond acceptors (Lipinski definition) is 1. The first kappa shape index (κ1) is 15.2. The molecule has 0 aliphatic carbocycles. The highest BCUT2D eigenvalue weighted by Gasteiger charge is 2.23. The SMILES string of the molecule is CCCCCCCC(C)(O)c1ccc(C)c(F)c1. The van der Waals surface area contributed by atoms with Gasteiger partial charge in [-0.2, -0.15) is 0 Å². The molecule has 18 heavy (non-hydrogen) atoms. The van der Waals surface area contributed by atoms with Crippen molar-refractivity contribution in [1.82, 2.24) is 0 Å². The summed E-state index contributed by atoms with van der Waals surface area (Å²) in [7, 11) is 0. The Labute approximate surface area is 110 Å². The van der Waals surface area contributed by atoms with Gasteiger partial charge in [0.1, 0.15) is 5.82 Å². The molecule has 1 unspecified atom stereocenters. The van der Waals surface area contributed by atoms with Crippen molar-refractivity contribution >= 4 is 0 Å². The summed E-state index contributed by atoms with van der Waals surface area (Å²) in [5.41, 5.74) is 0.388. The van der Waals surface area contributed by atoms with Crippen LogP contribution in [0.25, 0.3) is 0 Å². The smallest absolute Gasteiger partial charge is 0.126 e. The Bertz CT molecular complexity index is 371. The highest BCUT2D eigenvalue weighted by Crippen LogP contribution is 2.28. The first-order valence-electron chi connectivity index (χ1n) is 6.96. The van der Waals surface area contributed by atoms with E-state index in [9.17, 15) is 9.50 Å². The number of aryl methyl sites for hydroxylation is 1. The van der Waals surface area contributed by atoms with Crippen LogP contribution < -0.4 is 0 Å². The summed E-state index contributed by atoms with van der Waals surface area (Å²) in [5, 5.41) is 10.4. The van der Waals surface area contributed by atoms with Crippen molar-refractivity contribution in [3.05, 3.63) is 35.1 Å². The maximum Gasteiger partial charge on any atom is 0.126 e. The second-order valence-electron chi connectivity index (χ2n) is 5.40. The van der Waals surface area contributed by atoms with Gasteiger partial charge in [0.25, 0.3) is 0 Å². The van der Waals surface area contributed by atoms with Crippen molar-refractivity contribution in [2.24, 2.45) is 0 Å². The summed E-state index contributed by atoms with van der Waals surface area (Å²) < 4.78 is 13.5. The Balaban J connectivity index is 2.54. The van der Waals surface area contributed by atoms with E-state index >= 15 is 0 Å². The maximum absolute atomic E-state index is 13.5. The van der Waals surface area contributed by atoms with Crippen molar-refractivity contribution < 1.29 is 9.50 Å². The predicted molar refractivity (Wildman–Crippen MR) is 74.1 cm³/mol. The fourth-order valence-corrected chi connectivity index (χ4v) is 2.14. The first-order valence-corrected chi connectivity index (χ1v) is 6.96. The second kappa shape index (κ2) is 6.89. The van der Waals surface area contributed by atoms with Gasteiger partial charge < -0.3 is 5.11 Å². The predicted octanol–water partition coefficient (Wildman–Crippen LogP) is 4.70. The lowest BCUT2D eigenvalue weighted by molar-refractivity contribution is 0.0445. The Kier molecular flexibility index (Phi) is 5.80. The largest absolute Gasteiger partial charge is 0.385 e. The fourth-order valence-electron chi connectivity index (χ4n) is 2.14. The molecule has 0 aliphatic heterocycles. The van der Waals surface area contributed by atoms with Gasteiger partial charge >= 0.3 is 0 Å². The van der Waals surface area contributed by atoms with E-state index in [1.807, 2.05) is 6.07 Å².